The van der Waals surface area contributed by atoms with Crippen LogP contribution < -0.4 is 0 Å². The van der Waals surface area contributed by atoms with Crippen LogP contribution in [0, 0.1) is 0 Å². The lowest BCUT2D eigenvalue weighted by Crippen LogP contribution is -2.02. The molecule has 0 aromatic heterocycles. The molecule has 13 heavy (non-hydrogen) atoms. The Morgan fingerprint density at radius 3 is 2.46 bits per heavy atom. The highest BCUT2D eigenvalue weighted by Gasteiger charge is 2.00. The second kappa shape index (κ2) is 5.14. The van der Waals surface area contributed by atoms with Gasteiger partial charge < -0.3 is 10.2 Å². The van der Waals surface area contributed by atoms with Crippen LogP contribution in [0.4, 0.5) is 0 Å². The van der Waals surface area contributed by atoms with Crippen molar-refractivity contribution < 1.29 is 10.2 Å². The van der Waals surface area contributed by atoms with Crippen LogP contribution in [0.2, 0.25) is 0 Å². The third kappa shape index (κ3) is 3.70. The quantitative estimate of drug-likeness (QED) is 0.777. The largest absolute Gasteiger partial charge is 0.508 e. The fourth-order valence-corrected chi connectivity index (χ4v) is 1.66. The van der Waals surface area contributed by atoms with Gasteiger partial charge >= 0.3 is 0 Å². The van der Waals surface area contributed by atoms with Gasteiger partial charge in [-0.25, -0.2) is 0 Å². The van der Waals surface area contributed by atoms with Crippen molar-refractivity contribution in [2.45, 2.75) is 17.9 Å². The monoisotopic (exact) mass is 198 g/mol. The zero-order valence-corrected chi connectivity index (χ0v) is 8.42. The van der Waals surface area contributed by atoms with Gasteiger partial charge in [-0.15, -0.1) is 0 Å². The van der Waals surface area contributed by atoms with Crippen molar-refractivity contribution in [3.05, 3.63) is 29.8 Å². The molecule has 0 saturated heterocycles. The first-order valence-electron chi connectivity index (χ1n) is 4.22. The van der Waals surface area contributed by atoms with E-state index < -0.39 is 0 Å². The van der Waals surface area contributed by atoms with E-state index in [0.717, 1.165) is 5.75 Å². The van der Waals surface area contributed by atoms with Gasteiger partial charge in [0.15, 0.2) is 0 Å². The highest BCUT2D eigenvalue weighted by molar-refractivity contribution is 7.99. The lowest BCUT2D eigenvalue weighted by molar-refractivity contribution is 0.300. The SMILES string of the molecule is CC(CO)SCc1ccc(O)cc1. The van der Waals surface area contributed by atoms with E-state index in [0.29, 0.717) is 5.75 Å². The Kier molecular flexibility index (Phi) is 4.12. The molecular weight excluding hydrogens is 184 g/mol. The molecular formula is C10H14O2S. The average molecular weight is 198 g/mol. The number of thioether (sulfide) groups is 1. The van der Waals surface area contributed by atoms with Gasteiger partial charge in [-0.05, 0) is 17.7 Å². The molecule has 0 aliphatic heterocycles. The number of hydrogen-bond donors (Lipinski definition) is 2. The van der Waals surface area contributed by atoms with Gasteiger partial charge in [0.1, 0.15) is 5.75 Å². The summed E-state index contributed by atoms with van der Waals surface area (Å²) in [5, 5.41) is 18.1. The fourth-order valence-electron chi connectivity index (χ4n) is 0.883. The maximum absolute atomic E-state index is 9.03. The van der Waals surface area contributed by atoms with E-state index in [-0.39, 0.29) is 11.9 Å². The van der Waals surface area contributed by atoms with Crippen molar-refractivity contribution in [3.8, 4) is 5.75 Å². The van der Waals surface area contributed by atoms with E-state index in [1.54, 1.807) is 23.9 Å². The molecule has 72 valence electrons. The van der Waals surface area contributed by atoms with Gasteiger partial charge in [0.25, 0.3) is 0 Å². The van der Waals surface area contributed by atoms with Crippen molar-refractivity contribution in [2.75, 3.05) is 6.61 Å². The summed E-state index contributed by atoms with van der Waals surface area (Å²) in [5.41, 5.74) is 1.17. The maximum atomic E-state index is 9.03. The molecule has 0 bridgehead atoms. The average Bonchev–Trinajstić information content (AvgIpc) is 2.16. The van der Waals surface area contributed by atoms with Crippen LogP contribution >= 0.6 is 11.8 Å². The molecule has 0 spiro atoms. The number of phenols is 1. The Bertz CT molecular complexity index is 246. The van der Waals surface area contributed by atoms with Gasteiger partial charge in [0.05, 0.1) is 6.61 Å². The standard InChI is InChI=1S/C10H14O2S/c1-8(6-11)13-7-9-2-4-10(12)5-3-9/h2-5,8,11-12H,6-7H2,1H3. The van der Waals surface area contributed by atoms with Crippen LogP contribution in [-0.2, 0) is 5.75 Å². The summed E-state index contributed by atoms with van der Waals surface area (Å²) in [6.45, 7) is 2.20. The van der Waals surface area contributed by atoms with Gasteiger partial charge in [0, 0.05) is 11.0 Å². The second-order valence-electron chi connectivity index (χ2n) is 2.97. The predicted molar refractivity (Wildman–Crippen MR) is 55.9 cm³/mol. The summed E-state index contributed by atoms with van der Waals surface area (Å²) in [4.78, 5) is 0. The predicted octanol–water partition coefficient (Wildman–Crippen LogP) is 2.01. The number of aliphatic hydroxyl groups is 1. The van der Waals surface area contributed by atoms with Crippen molar-refractivity contribution in [3.63, 3.8) is 0 Å². The number of phenolic OH excluding ortho intramolecular Hbond substituents is 1. The number of benzene rings is 1. The Morgan fingerprint density at radius 2 is 1.92 bits per heavy atom. The number of hydrogen-bond acceptors (Lipinski definition) is 3. The minimum atomic E-state index is 0.211. The molecule has 0 saturated carbocycles. The molecule has 0 aliphatic carbocycles. The van der Waals surface area contributed by atoms with Crippen LogP contribution in [0.25, 0.3) is 0 Å². The lowest BCUT2D eigenvalue weighted by Gasteiger charge is -2.06. The molecule has 0 heterocycles. The smallest absolute Gasteiger partial charge is 0.115 e. The van der Waals surface area contributed by atoms with Gasteiger partial charge in [-0.2, -0.15) is 11.8 Å². The molecule has 1 atom stereocenters. The maximum Gasteiger partial charge on any atom is 0.115 e. The van der Waals surface area contributed by atoms with Crippen molar-refractivity contribution in [1.29, 1.82) is 0 Å². The fraction of sp³-hybridized carbons (Fsp3) is 0.400. The summed E-state index contributed by atoms with van der Waals surface area (Å²) in [6.07, 6.45) is 0. The normalized spacial score (nSPS) is 12.8. The number of aliphatic hydroxyl groups excluding tert-OH is 1. The van der Waals surface area contributed by atoms with Crippen LogP contribution in [0.1, 0.15) is 12.5 Å². The first-order chi connectivity index (χ1) is 6.22. The van der Waals surface area contributed by atoms with Crippen LogP contribution in [0.5, 0.6) is 5.75 Å². The minimum absolute atomic E-state index is 0.211. The van der Waals surface area contributed by atoms with E-state index in [4.69, 9.17) is 10.2 Å². The zero-order chi connectivity index (χ0) is 9.68. The summed E-state index contributed by atoms with van der Waals surface area (Å²) < 4.78 is 0. The van der Waals surface area contributed by atoms with Gasteiger partial charge in [0.2, 0.25) is 0 Å². The van der Waals surface area contributed by atoms with Gasteiger partial charge in [-0.3, -0.25) is 0 Å². The molecule has 1 aromatic carbocycles. The van der Waals surface area contributed by atoms with Gasteiger partial charge in [-0.1, -0.05) is 19.1 Å². The van der Waals surface area contributed by atoms with E-state index >= 15 is 0 Å². The Morgan fingerprint density at radius 1 is 1.31 bits per heavy atom. The third-order valence-electron chi connectivity index (χ3n) is 1.73. The summed E-state index contributed by atoms with van der Waals surface area (Å²) >= 11 is 1.70. The highest BCUT2D eigenvalue weighted by atomic mass is 32.2. The van der Waals surface area contributed by atoms with Crippen molar-refractivity contribution in [2.24, 2.45) is 0 Å². The summed E-state index contributed by atoms with van der Waals surface area (Å²) in [7, 11) is 0. The highest BCUT2D eigenvalue weighted by Crippen LogP contribution is 2.18. The molecule has 1 unspecified atom stereocenters. The molecule has 1 aromatic rings. The topological polar surface area (TPSA) is 40.5 Å². The Hall–Kier alpha value is -0.670. The van der Waals surface area contributed by atoms with E-state index in [1.807, 2.05) is 19.1 Å². The minimum Gasteiger partial charge on any atom is -0.508 e. The molecule has 2 N–H and O–H groups in total. The number of rotatable bonds is 4. The van der Waals surface area contributed by atoms with E-state index in [9.17, 15) is 0 Å². The molecule has 0 radical (unpaired) electrons. The van der Waals surface area contributed by atoms with Crippen LogP contribution in [0.3, 0.4) is 0 Å². The third-order valence-corrected chi connectivity index (χ3v) is 2.95. The Balaban J connectivity index is 2.41. The molecule has 2 nitrogen and oxygen atoms in total. The summed E-state index contributed by atoms with van der Waals surface area (Å²) in [5.74, 6) is 1.17. The molecule has 0 fully saturated rings. The molecule has 0 aliphatic rings. The summed E-state index contributed by atoms with van der Waals surface area (Å²) in [6, 6.07) is 7.15. The molecule has 1 rings (SSSR count). The molecule has 0 amide bonds. The van der Waals surface area contributed by atoms with E-state index in [1.165, 1.54) is 5.56 Å². The second-order valence-corrected chi connectivity index (χ2v) is 4.40. The first kappa shape index (κ1) is 10.4. The van der Waals surface area contributed by atoms with E-state index in [2.05, 4.69) is 0 Å². The lowest BCUT2D eigenvalue weighted by atomic mass is 10.2. The Labute approximate surface area is 82.6 Å². The number of aromatic hydroxyl groups is 1. The molecule has 3 heteroatoms. The first-order valence-corrected chi connectivity index (χ1v) is 5.27. The van der Waals surface area contributed by atoms with Crippen molar-refractivity contribution >= 4 is 11.8 Å². The zero-order valence-electron chi connectivity index (χ0n) is 7.60. The van der Waals surface area contributed by atoms with Crippen LogP contribution in [-0.4, -0.2) is 22.1 Å². The van der Waals surface area contributed by atoms with Crippen LogP contribution in [0.15, 0.2) is 24.3 Å². The van der Waals surface area contributed by atoms with Crippen molar-refractivity contribution in [1.82, 2.24) is 0 Å².